The molecule has 1 aromatic carbocycles. The highest BCUT2D eigenvalue weighted by atomic mass is 16.5. The van der Waals surface area contributed by atoms with Gasteiger partial charge in [0.05, 0.1) is 19.8 Å². The van der Waals surface area contributed by atoms with Crippen molar-refractivity contribution in [1.82, 2.24) is 5.32 Å². The fourth-order valence-electron chi connectivity index (χ4n) is 1.87. The quantitative estimate of drug-likeness (QED) is 0.614. The molecule has 2 unspecified atom stereocenters. The molecule has 3 N–H and O–H groups in total. The maximum absolute atomic E-state index is 10.9. The van der Waals surface area contributed by atoms with E-state index in [1.54, 1.807) is 0 Å². The van der Waals surface area contributed by atoms with Crippen LogP contribution in [-0.4, -0.2) is 49.3 Å². The van der Waals surface area contributed by atoms with Crippen molar-refractivity contribution in [3.63, 3.8) is 0 Å². The lowest BCUT2D eigenvalue weighted by Crippen LogP contribution is -2.34. The monoisotopic (exact) mass is 297 g/mol. The molecule has 0 radical (unpaired) electrons. The summed E-state index contributed by atoms with van der Waals surface area (Å²) in [6.45, 7) is 1.18. The molecule has 116 valence electrons. The summed E-state index contributed by atoms with van der Waals surface area (Å²) in [5.74, 6) is 0.105. The predicted molar refractivity (Wildman–Crippen MR) is 74.6 cm³/mol. The first kappa shape index (κ1) is 16.9. The summed E-state index contributed by atoms with van der Waals surface area (Å²) in [6.07, 6.45) is -1.98. The van der Waals surface area contributed by atoms with Crippen molar-refractivity contribution in [3.8, 4) is 11.5 Å². The molecule has 0 spiro atoms. The van der Waals surface area contributed by atoms with E-state index in [2.05, 4.69) is 5.32 Å². The summed E-state index contributed by atoms with van der Waals surface area (Å²) in [6, 6.07) is 2.86. The number of aldehydes is 1. The first-order valence-corrected chi connectivity index (χ1v) is 6.26. The number of ether oxygens (including phenoxy) is 2. The Kier molecular flexibility index (Phi) is 6.13. The Morgan fingerprint density at radius 3 is 2.19 bits per heavy atom. The summed E-state index contributed by atoms with van der Waals surface area (Å²) in [5, 5.41) is 22.6. The molecular formula is C14H19NO6. The standard InChI is InChI=1S/C14H19NO6/c1-8(17)15-6-10(18)14(19)13-11(20-2)4-9(7-16)5-12(13)21-3/h4-5,7,10,14,18-19H,6H2,1-3H3,(H,15,17). The zero-order valence-electron chi connectivity index (χ0n) is 12.1. The van der Waals surface area contributed by atoms with Crippen molar-refractivity contribution in [2.45, 2.75) is 19.1 Å². The van der Waals surface area contributed by atoms with Gasteiger partial charge in [0.1, 0.15) is 30.0 Å². The van der Waals surface area contributed by atoms with E-state index >= 15 is 0 Å². The van der Waals surface area contributed by atoms with Gasteiger partial charge in [-0.05, 0) is 12.1 Å². The van der Waals surface area contributed by atoms with Crippen LogP contribution in [-0.2, 0) is 4.79 Å². The van der Waals surface area contributed by atoms with Crippen LogP contribution in [0.25, 0.3) is 0 Å². The second-order valence-corrected chi connectivity index (χ2v) is 4.41. The molecule has 0 aliphatic rings. The van der Waals surface area contributed by atoms with Crippen molar-refractivity contribution in [3.05, 3.63) is 23.3 Å². The van der Waals surface area contributed by atoms with Crippen LogP contribution < -0.4 is 14.8 Å². The SMILES string of the molecule is COc1cc(C=O)cc(OC)c1C(O)C(O)CNC(C)=O. The fourth-order valence-corrected chi connectivity index (χ4v) is 1.87. The molecule has 1 aromatic rings. The molecule has 2 atom stereocenters. The van der Waals surface area contributed by atoms with E-state index in [1.807, 2.05) is 0 Å². The number of hydrogen-bond donors (Lipinski definition) is 3. The summed E-state index contributed by atoms with van der Waals surface area (Å²) in [5.41, 5.74) is 0.527. The van der Waals surface area contributed by atoms with Gasteiger partial charge in [0.15, 0.2) is 0 Å². The smallest absolute Gasteiger partial charge is 0.216 e. The average Bonchev–Trinajstić information content (AvgIpc) is 2.50. The molecule has 7 heteroatoms. The minimum absolute atomic E-state index is 0.127. The third-order valence-electron chi connectivity index (χ3n) is 2.92. The Morgan fingerprint density at radius 1 is 1.29 bits per heavy atom. The first-order chi connectivity index (χ1) is 9.94. The van der Waals surface area contributed by atoms with Crippen LogP contribution in [0.3, 0.4) is 0 Å². The molecule has 0 heterocycles. The first-order valence-electron chi connectivity index (χ1n) is 6.26. The van der Waals surface area contributed by atoms with Gasteiger partial charge in [-0.3, -0.25) is 9.59 Å². The lowest BCUT2D eigenvalue weighted by molar-refractivity contribution is -0.119. The number of carbonyl (C=O) groups excluding carboxylic acids is 2. The summed E-state index contributed by atoms with van der Waals surface area (Å²) in [4.78, 5) is 21.7. The van der Waals surface area contributed by atoms with E-state index < -0.39 is 12.2 Å². The van der Waals surface area contributed by atoms with Crippen LogP contribution in [0.4, 0.5) is 0 Å². The van der Waals surface area contributed by atoms with Gasteiger partial charge in [0.25, 0.3) is 0 Å². The van der Waals surface area contributed by atoms with Crippen molar-refractivity contribution in [2.24, 2.45) is 0 Å². The molecule has 0 fully saturated rings. The van der Waals surface area contributed by atoms with Crippen molar-refractivity contribution >= 4 is 12.2 Å². The van der Waals surface area contributed by atoms with Gasteiger partial charge in [-0.15, -0.1) is 0 Å². The molecule has 1 amide bonds. The number of rotatable bonds is 7. The highest BCUT2D eigenvalue weighted by molar-refractivity contribution is 5.77. The Balaban J connectivity index is 3.14. The number of nitrogens with one attached hydrogen (secondary N) is 1. The number of methoxy groups -OCH3 is 2. The van der Waals surface area contributed by atoms with Crippen LogP contribution >= 0.6 is 0 Å². The lowest BCUT2D eigenvalue weighted by atomic mass is 10.00. The third-order valence-corrected chi connectivity index (χ3v) is 2.92. The highest BCUT2D eigenvalue weighted by Gasteiger charge is 2.26. The van der Waals surface area contributed by atoms with Gasteiger partial charge in [-0.1, -0.05) is 0 Å². The van der Waals surface area contributed by atoms with E-state index in [9.17, 15) is 19.8 Å². The number of amides is 1. The minimum atomic E-state index is -1.34. The Bertz CT molecular complexity index is 491. The van der Waals surface area contributed by atoms with E-state index in [0.717, 1.165) is 0 Å². The fraction of sp³-hybridized carbons (Fsp3) is 0.429. The zero-order chi connectivity index (χ0) is 16.0. The van der Waals surface area contributed by atoms with Crippen LogP contribution in [0.2, 0.25) is 0 Å². The van der Waals surface area contributed by atoms with Crippen molar-refractivity contribution < 1.29 is 29.3 Å². The topological polar surface area (TPSA) is 105 Å². The van der Waals surface area contributed by atoms with Crippen LogP contribution in [0.15, 0.2) is 12.1 Å². The third kappa shape index (κ3) is 4.17. The maximum atomic E-state index is 10.9. The molecule has 0 aliphatic carbocycles. The van der Waals surface area contributed by atoms with Gasteiger partial charge in [-0.25, -0.2) is 0 Å². The zero-order valence-corrected chi connectivity index (χ0v) is 12.1. The summed E-state index contributed by atoms with van der Waals surface area (Å²) in [7, 11) is 2.75. The van der Waals surface area contributed by atoms with Crippen LogP contribution in [0.1, 0.15) is 28.9 Å². The molecule has 7 nitrogen and oxygen atoms in total. The van der Waals surface area contributed by atoms with Gasteiger partial charge in [-0.2, -0.15) is 0 Å². The Labute approximate surface area is 122 Å². The van der Waals surface area contributed by atoms with Crippen molar-refractivity contribution in [2.75, 3.05) is 20.8 Å². The van der Waals surface area contributed by atoms with Gasteiger partial charge >= 0.3 is 0 Å². The number of hydrogen-bond acceptors (Lipinski definition) is 6. The van der Waals surface area contributed by atoms with Crippen LogP contribution in [0.5, 0.6) is 11.5 Å². The summed E-state index contributed by atoms with van der Waals surface area (Å²) >= 11 is 0. The van der Waals surface area contributed by atoms with Crippen molar-refractivity contribution in [1.29, 1.82) is 0 Å². The second-order valence-electron chi connectivity index (χ2n) is 4.41. The summed E-state index contributed by atoms with van der Waals surface area (Å²) < 4.78 is 10.3. The number of aliphatic hydroxyl groups is 2. The number of carbonyl (C=O) groups is 2. The molecular weight excluding hydrogens is 278 g/mol. The average molecular weight is 297 g/mol. The molecule has 0 saturated carbocycles. The number of aliphatic hydroxyl groups excluding tert-OH is 2. The minimum Gasteiger partial charge on any atom is -0.496 e. The van der Waals surface area contributed by atoms with E-state index in [1.165, 1.54) is 33.3 Å². The van der Waals surface area contributed by atoms with E-state index in [-0.39, 0.29) is 29.5 Å². The lowest BCUT2D eigenvalue weighted by Gasteiger charge is -2.22. The molecule has 1 rings (SSSR count). The Hall–Kier alpha value is -2.12. The largest absolute Gasteiger partial charge is 0.496 e. The molecule has 0 saturated heterocycles. The predicted octanol–water partition coefficient (Wildman–Crippen LogP) is 0.0467. The van der Waals surface area contributed by atoms with Crippen LogP contribution in [0, 0.1) is 0 Å². The second kappa shape index (κ2) is 7.61. The molecule has 21 heavy (non-hydrogen) atoms. The maximum Gasteiger partial charge on any atom is 0.216 e. The van der Waals surface area contributed by atoms with Gasteiger partial charge < -0.3 is 25.0 Å². The van der Waals surface area contributed by atoms with E-state index in [4.69, 9.17) is 9.47 Å². The van der Waals surface area contributed by atoms with E-state index in [0.29, 0.717) is 11.8 Å². The number of benzene rings is 1. The van der Waals surface area contributed by atoms with Gasteiger partial charge in [0.2, 0.25) is 5.91 Å². The molecule has 0 aromatic heterocycles. The highest BCUT2D eigenvalue weighted by Crippen LogP contribution is 2.36. The molecule has 0 aliphatic heterocycles. The molecule has 0 bridgehead atoms. The van der Waals surface area contributed by atoms with Gasteiger partial charge in [0, 0.05) is 19.0 Å². The normalized spacial score (nSPS) is 13.2. The Morgan fingerprint density at radius 2 is 1.81 bits per heavy atom.